The molecule has 3 aromatic rings. The van der Waals surface area contributed by atoms with Gasteiger partial charge in [-0.15, -0.1) is 0 Å². The van der Waals surface area contributed by atoms with E-state index in [1.165, 1.54) is 0 Å². The van der Waals surface area contributed by atoms with E-state index in [-0.39, 0.29) is 5.91 Å². The van der Waals surface area contributed by atoms with Crippen molar-refractivity contribution in [2.45, 2.75) is 6.92 Å². The lowest BCUT2D eigenvalue weighted by atomic mass is 10.1. The maximum absolute atomic E-state index is 13.2. The molecule has 3 aromatic carbocycles. The fourth-order valence-corrected chi connectivity index (χ4v) is 2.66. The molecule has 1 amide bonds. The Morgan fingerprint density at radius 3 is 2.04 bits per heavy atom. The molecule has 0 radical (unpaired) electrons. The number of amides is 1. The number of carbonyl (C=O) groups excluding carboxylic acids is 1. The summed E-state index contributed by atoms with van der Waals surface area (Å²) >= 11 is 0. The Labute approximate surface area is 142 Å². The van der Waals surface area contributed by atoms with Crippen molar-refractivity contribution < 1.29 is 4.79 Å². The molecule has 0 atom stereocenters. The summed E-state index contributed by atoms with van der Waals surface area (Å²) in [6.45, 7) is 1.97. The van der Waals surface area contributed by atoms with Crippen molar-refractivity contribution in [1.29, 1.82) is 0 Å². The van der Waals surface area contributed by atoms with Gasteiger partial charge >= 0.3 is 0 Å². The second-order valence-corrected chi connectivity index (χ2v) is 5.40. The predicted octanol–water partition coefficient (Wildman–Crippen LogP) is 5.70. The molecule has 24 heavy (non-hydrogen) atoms. The van der Waals surface area contributed by atoms with Gasteiger partial charge < -0.3 is 0 Å². The van der Waals surface area contributed by atoms with Crippen molar-refractivity contribution >= 4 is 23.4 Å². The monoisotopic (exact) mass is 313 g/mol. The van der Waals surface area contributed by atoms with Crippen molar-refractivity contribution in [2.75, 3.05) is 4.90 Å². The highest BCUT2D eigenvalue weighted by Gasteiger charge is 2.21. The molecule has 0 aromatic heterocycles. The zero-order valence-electron chi connectivity index (χ0n) is 13.6. The van der Waals surface area contributed by atoms with Gasteiger partial charge in [-0.05, 0) is 42.8 Å². The SMILES string of the molecule is CC=Cc1ccccc1N(C(=O)c1ccccc1)c1ccccc1. The molecule has 2 heteroatoms. The topological polar surface area (TPSA) is 20.3 Å². The Balaban J connectivity index is 2.16. The Morgan fingerprint density at radius 2 is 1.38 bits per heavy atom. The summed E-state index contributed by atoms with van der Waals surface area (Å²) in [5, 5.41) is 0. The van der Waals surface area contributed by atoms with Crippen LogP contribution in [-0.2, 0) is 0 Å². The third kappa shape index (κ3) is 3.28. The van der Waals surface area contributed by atoms with Crippen LogP contribution < -0.4 is 4.90 Å². The number of benzene rings is 3. The summed E-state index contributed by atoms with van der Waals surface area (Å²) < 4.78 is 0. The molecule has 0 aliphatic rings. The van der Waals surface area contributed by atoms with E-state index in [4.69, 9.17) is 0 Å². The maximum Gasteiger partial charge on any atom is 0.262 e. The zero-order chi connectivity index (χ0) is 16.8. The van der Waals surface area contributed by atoms with E-state index in [1.54, 1.807) is 4.90 Å². The molecule has 118 valence electrons. The quantitative estimate of drug-likeness (QED) is 0.605. The molecule has 0 saturated carbocycles. The van der Waals surface area contributed by atoms with E-state index < -0.39 is 0 Å². The Hall–Kier alpha value is -3.13. The number of allylic oxidation sites excluding steroid dienone is 1. The van der Waals surface area contributed by atoms with Gasteiger partial charge in [-0.3, -0.25) is 9.69 Å². The van der Waals surface area contributed by atoms with Gasteiger partial charge in [0.05, 0.1) is 5.69 Å². The van der Waals surface area contributed by atoms with Crippen LogP contribution in [0.5, 0.6) is 0 Å². The summed E-state index contributed by atoms with van der Waals surface area (Å²) in [4.78, 5) is 15.0. The molecular weight excluding hydrogens is 294 g/mol. The lowest BCUT2D eigenvalue weighted by Gasteiger charge is -2.25. The standard InChI is InChI=1S/C22H19NO/c1-2-11-18-12-9-10-17-21(18)23(20-15-7-4-8-16-20)22(24)19-13-5-3-6-14-19/h2-17H,1H3. The van der Waals surface area contributed by atoms with Crippen LogP contribution in [0.25, 0.3) is 6.08 Å². The van der Waals surface area contributed by atoms with Crippen LogP contribution in [0.4, 0.5) is 11.4 Å². The van der Waals surface area contributed by atoms with E-state index in [9.17, 15) is 4.79 Å². The lowest BCUT2D eigenvalue weighted by Crippen LogP contribution is -2.26. The molecule has 3 rings (SSSR count). The molecule has 0 heterocycles. The normalized spacial score (nSPS) is 10.7. The second-order valence-electron chi connectivity index (χ2n) is 5.40. The van der Waals surface area contributed by atoms with Crippen molar-refractivity contribution in [1.82, 2.24) is 0 Å². The van der Waals surface area contributed by atoms with E-state index in [2.05, 4.69) is 0 Å². The number of hydrogen-bond acceptors (Lipinski definition) is 1. The summed E-state index contributed by atoms with van der Waals surface area (Å²) in [6, 6.07) is 27.0. The molecule has 0 spiro atoms. The Kier molecular flexibility index (Phi) is 4.87. The highest BCUT2D eigenvalue weighted by molar-refractivity contribution is 6.11. The number of carbonyl (C=O) groups is 1. The summed E-state index contributed by atoms with van der Waals surface area (Å²) in [7, 11) is 0. The van der Waals surface area contributed by atoms with Gasteiger partial charge in [-0.2, -0.15) is 0 Å². The molecule has 0 aliphatic carbocycles. The minimum Gasteiger partial charge on any atom is -0.276 e. The lowest BCUT2D eigenvalue weighted by molar-refractivity contribution is 0.0999. The van der Waals surface area contributed by atoms with Crippen LogP contribution in [0, 0.1) is 0 Å². The van der Waals surface area contributed by atoms with Crippen LogP contribution in [0.1, 0.15) is 22.8 Å². The minimum atomic E-state index is -0.0428. The maximum atomic E-state index is 13.2. The molecule has 0 N–H and O–H groups in total. The molecule has 2 nitrogen and oxygen atoms in total. The molecule has 0 unspecified atom stereocenters. The first-order valence-electron chi connectivity index (χ1n) is 7.97. The average molecular weight is 313 g/mol. The van der Waals surface area contributed by atoms with E-state index in [0.29, 0.717) is 5.56 Å². The molecule has 0 fully saturated rings. The largest absolute Gasteiger partial charge is 0.276 e. The van der Waals surface area contributed by atoms with E-state index >= 15 is 0 Å². The van der Waals surface area contributed by atoms with Crippen LogP contribution in [0.3, 0.4) is 0 Å². The number of hydrogen-bond donors (Lipinski definition) is 0. The zero-order valence-corrected chi connectivity index (χ0v) is 13.6. The van der Waals surface area contributed by atoms with Crippen molar-refractivity contribution in [2.24, 2.45) is 0 Å². The van der Waals surface area contributed by atoms with Gasteiger partial charge in [0.15, 0.2) is 0 Å². The summed E-state index contributed by atoms with van der Waals surface area (Å²) in [5.41, 5.74) is 3.39. The third-order valence-electron chi connectivity index (χ3n) is 3.76. The van der Waals surface area contributed by atoms with Gasteiger partial charge in [0, 0.05) is 11.3 Å². The van der Waals surface area contributed by atoms with Crippen LogP contribution in [-0.4, -0.2) is 5.91 Å². The first kappa shape index (κ1) is 15.8. The fraction of sp³-hybridized carbons (Fsp3) is 0.0455. The number of anilines is 2. The summed E-state index contributed by atoms with van der Waals surface area (Å²) in [5.74, 6) is -0.0428. The highest BCUT2D eigenvalue weighted by atomic mass is 16.2. The Morgan fingerprint density at radius 1 is 0.792 bits per heavy atom. The van der Waals surface area contributed by atoms with Gasteiger partial charge in [-0.25, -0.2) is 0 Å². The van der Waals surface area contributed by atoms with Crippen LogP contribution >= 0.6 is 0 Å². The number of nitrogens with zero attached hydrogens (tertiary/aromatic N) is 1. The highest BCUT2D eigenvalue weighted by Crippen LogP contribution is 2.31. The molecule has 0 aliphatic heterocycles. The fourth-order valence-electron chi connectivity index (χ4n) is 2.66. The second kappa shape index (κ2) is 7.42. The minimum absolute atomic E-state index is 0.0428. The van der Waals surface area contributed by atoms with Gasteiger partial charge in [0.25, 0.3) is 5.91 Å². The predicted molar refractivity (Wildman–Crippen MR) is 101 cm³/mol. The average Bonchev–Trinajstić information content (AvgIpc) is 2.65. The smallest absolute Gasteiger partial charge is 0.262 e. The van der Waals surface area contributed by atoms with Crippen molar-refractivity contribution in [3.63, 3.8) is 0 Å². The van der Waals surface area contributed by atoms with Gasteiger partial charge in [0.1, 0.15) is 0 Å². The van der Waals surface area contributed by atoms with Gasteiger partial charge in [0.2, 0.25) is 0 Å². The molecule has 0 bridgehead atoms. The third-order valence-corrected chi connectivity index (χ3v) is 3.76. The number of rotatable bonds is 4. The van der Waals surface area contributed by atoms with E-state index in [0.717, 1.165) is 16.9 Å². The first-order valence-corrected chi connectivity index (χ1v) is 7.97. The number of para-hydroxylation sites is 2. The Bertz CT molecular complexity index is 838. The van der Waals surface area contributed by atoms with Crippen LogP contribution in [0.2, 0.25) is 0 Å². The molecule has 0 saturated heterocycles. The van der Waals surface area contributed by atoms with Crippen molar-refractivity contribution in [3.8, 4) is 0 Å². The van der Waals surface area contributed by atoms with Crippen molar-refractivity contribution in [3.05, 3.63) is 102 Å². The summed E-state index contributed by atoms with van der Waals surface area (Å²) in [6.07, 6.45) is 4.00. The molecular formula is C22H19NO. The van der Waals surface area contributed by atoms with Crippen LogP contribution in [0.15, 0.2) is 91.0 Å². The van der Waals surface area contributed by atoms with E-state index in [1.807, 2.05) is 104 Å². The van der Waals surface area contributed by atoms with Gasteiger partial charge in [-0.1, -0.05) is 66.7 Å². The first-order chi connectivity index (χ1) is 11.8.